The fraction of sp³-hybridized carbons (Fsp3) is 0.571. The molecule has 1 amide bonds. The third-order valence-corrected chi connectivity index (χ3v) is 3.96. The number of carbonyl (C=O) groups is 1. The molecule has 0 unspecified atom stereocenters. The van der Waals surface area contributed by atoms with Gasteiger partial charge in [-0.25, -0.2) is 0 Å². The minimum atomic E-state index is -0.221. The normalized spacial score (nSPS) is 20.8. The zero-order valence-electron chi connectivity index (χ0n) is 11.6. The minimum Gasteiger partial charge on any atom is -0.369 e. The van der Waals surface area contributed by atoms with Gasteiger partial charge in [0.05, 0.1) is 13.2 Å². The van der Waals surface area contributed by atoms with Gasteiger partial charge in [-0.15, -0.1) is 0 Å². The monoisotopic (exact) mass is 277 g/mol. The Morgan fingerprint density at radius 1 is 1.45 bits per heavy atom. The Labute approximate surface area is 117 Å². The van der Waals surface area contributed by atoms with Crippen molar-refractivity contribution in [1.82, 2.24) is 15.2 Å². The fourth-order valence-electron chi connectivity index (χ4n) is 2.73. The second-order valence-electron chi connectivity index (χ2n) is 5.47. The van der Waals surface area contributed by atoms with Crippen molar-refractivity contribution in [2.45, 2.75) is 18.9 Å². The van der Waals surface area contributed by atoms with E-state index in [1.807, 2.05) is 6.92 Å². The first-order chi connectivity index (χ1) is 9.62. The third-order valence-electron chi connectivity index (χ3n) is 3.96. The average molecular weight is 277 g/mol. The molecule has 0 saturated carbocycles. The number of aryl methyl sites for hydroxylation is 1. The van der Waals surface area contributed by atoms with Gasteiger partial charge in [0.25, 0.3) is 5.91 Å². The van der Waals surface area contributed by atoms with Gasteiger partial charge in [0.1, 0.15) is 5.60 Å². The number of H-pyrrole nitrogens is 1. The van der Waals surface area contributed by atoms with Gasteiger partial charge >= 0.3 is 0 Å². The van der Waals surface area contributed by atoms with Gasteiger partial charge in [-0.1, -0.05) is 6.92 Å². The molecule has 0 aromatic carbocycles. The molecule has 20 heavy (non-hydrogen) atoms. The second kappa shape index (κ2) is 5.03. The standard InChI is InChI=1S/C14H19N3O3/c1-2-11-5-10(6-12(18)16-11)13(19)17-3-4-20-14(9-17)7-15-8-14/h5-6,15H,2-4,7-9H2,1H3,(H,16,18). The molecule has 6 heteroatoms. The van der Waals surface area contributed by atoms with Crippen LogP contribution in [0, 0.1) is 0 Å². The minimum absolute atomic E-state index is 0.0830. The third kappa shape index (κ3) is 2.36. The van der Waals surface area contributed by atoms with E-state index in [1.165, 1.54) is 6.07 Å². The molecule has 2 aliphatic rings. The van der Waals surface area contributed by atoms with Crippen molar-refractivity contribution in [2.75, 3.05) is 32.8 Å². The topological polar surface area (TPSA) is 74.4 Å². The molecule has 2 N–H and O–H groups in total. The molecule has 3 heterocycles. The summed E-state index contributed by atoms with van der Waals surface area (Å²) >= 11 is 0. The van der Waals surface area contributed by atoms with Gasteiger partial charge in [0.15, 0.2) is 0 Å². The highest BCUT2D eigenvalue weighted by molar-refractivity contribution is 5.94. The van der Waals surface area contributed by atoms with Crippen LogP contribution in [0.2, 0.25) is 0 Å². The number of rotatable bonds is 2. The molecule has 108 valence electrons. The van der Waals surface area contributed by atoms with Crippen molar-refractivity contribution in [2.24, 2.45) is 0 Å². The van der Waals surface area contributed by atoms with E-state index < -0.39 is 0 Å². The van der Waals surface area contributed by atoms with Crippen molar-refractivity contribution in [3.05, 3.63) is 33.7 Å². The lowest BCUT2D eigenvalue weighted by Crippen LogP contribution is -2.69. The maximum absolute atomic E-state index is 12.5. The number of hydrogen-bond acceptors (Lipinski definition) is 4. The fourth-order valence-corrected chi connectivity index (χ4v) is 2.73. The summed E-state index contributed by atoms with van der Waals surface area (Å²) < 4.78 is 5.76. The van der Waals surface area contributed by atoms with Crippen LogP contribution in [0.4, 0.5) is 0 Å². The molecule has 1 spiro atoms. The lowest BCUT2D eigenvalue weighted by atomic mass is 9.94. The van der Waals surface area contributed by atoms with E-state index in [1.54, 1.807) is 11.0 Å². The van der Waals surface area contributed by atoms with Crippen LogP contribution in [0.3, 0.4) is 0 Å². The van der Waals surface area contributed by atoms with E-state index in [4.69, 9.17) is 4.74 Å². The summed E-state index contributed by atoms with van der Waals surface area (Å²) in [6, 6.07) is 3.15. The zero-order valence-corrected chi connectivity index (χ0v) is 11.6. The van der Waals surface area contributed by atoms with E-state index in [9.17, 15) is 9.59 Å². The Hall–Kier alpha value is -1.66. The Morgan fingerprint density at radius 3 is 2.90 bits per heavy atom. The largest absolute Gasteiger partial charge is 0.369 e. The van der Waals surface area contributed by atoms with Crippen LogP contribution < -0.4 is 10.9 Å². The number of aromatic amines is 1. The van der Waals surface area contributed by atoms with Gasteiger partial charge < -0.3 is 19.9 Å². The maximum Gasteiger partial charge on any atom is 0.254 e. The second-order valence-corrected chi connectivity index (χ2v) is 5.47. The molecule has 2 fully saturated rings. The molecule has 2 saturated heterocycles. The molecule has 0 bridgehead atoms. The van der Waals surface area contributed by atoms with Crippen molar-refractivity contribution in [3.63, 3.8) is 0 Å². The van der Waals surface area contributed by atoms with E-state index in [0.29, 0.717) is 31.7 Å². The van der Waals surface area contributed by atoms with Crippen LogP contribution in [-0.4, -0.2) is 54.2 Å². The van der Waals surface area contributed by atoms with Crippen molar-refractivity contribution in [1.29, 1.82) is 0 Å². The number of nitrogens with zero attached hydrogens (tertiary/aromatic N) is 1. The van der Waals surface area contributed by atoms with Crippen LogP contribution in [0.5, 0.6) is 0 Å². The van der Waals surface area contributed by atoms with E-state index in [-0.39, 0.29) is 17.1 Å². The summed E-state index contributed by atoms with van der Waals surface area (Å²) in [5.41, 5.74) is 0.813. The van der Waals surface area contributed by atoms with Crippen LogP contribution in [0.1, 0.15) is 23.0 Å². The lowest BCUT2D eigenvalue weighted by Gasteiger charge is -2.48. The number of hydrogen-bond donors (Lipinski definition) is 2. The summed E-state index contributed by atoms with van der Waals surface area (Å²) in [7, 11) is 0. The number of nitrogens with one attached hydrogen (secondary N) is 2. The van der Waals surface area contributed by atoms with E-state index in [2.05, 4.69) is 10.3 Å². The highest BCUT2D eigenvalue weighted by Crippen LogP contribution is 2.23. The number of amides is 1. The van der Waals surface area contributed by atoms with Gasteiger partial charge in [0, 0.05) is 37.0 Å². The molecule has 2 aliphatic heterocycles. The first kappa shape index (κ1) is 13.3. The summed E-state index contributed by atoms with van der Waals surface area (Å²) in [5, 5.41) is 3.18. The SMILES string of the molecule is CCc1cc(C(=O)N2CCOC3(CNC3)C2)cc(=O)[nH]1. The summed E-state index contributed by atoms with van der Waals surface area (Å²) in [6.45, 7) is 5.24. The lowest BCUT2D eigenvalue weighted by molar-refractivity contribution is -0.126. The van der Waals surface area contributed by atoms with Crippen molar-refractivity contribution in [3.8, 4) is 0 Å². The first-order valence-corrected chi connectivity index (χ1v) is 6.99. The number of aromatic nitrogens is 1. The van der Waals surface area contributed by atoms with Crippen LogP contribution in [0.25, 0.3) is 0 Å². The smallest absolute Gasteiger partial charge is 0.254 e. The van der Waals surface area contributed by atoms with Crippen molar-refractivity contribution >= 4 is 5.91 Å². The highest BCUT2D eigenvalue weighted by Gasteiger charge is 2.43. The molecule has 1 aromatic rings. The zero-order chi connectivity index (χ0) is 14.2. The Bertz CT molecular complexity index is 577. The van der Waals surface area contributed by atoms with Gasteiger partial charge in [0.2, 0.25) is 5.56 Å². The first-order valence-electron chi connectivity index (χ1n) is 6.99. The molecule has 0 radical (unpaired) electrons. The number of carbonyl (C=O) groups excluding carboxylic acids is 1. The van der Waals surface area contributed by atoms with Crippen LogP contribution in [0.15, 0.2) is 16.9 Å². The number of morpholine rings is 1. The van der Waals surface area contributed by atoms with E-state index >= 15 is 0 Å². The van der Waals surface area contributed by atoms with Gasteiger partial charge in [-0.3, -0.25) is 9.59 Å². The summed E-state index contributed by atoms with van der Waals surface area (Å²) in [5.74, 6) is -0.0830. The summed E-state index contributed by atoms with van der Waals surface area (Å²) in [6.07, 6.45) is 0.702. The maximum atomic E-state index is 12.5. The van der Waals surface area contributed by atoms with Crippen LogP contribution >= 0.6 is 0 Å². The number of ether oxygens (including phenoxy) is 1. The molecule has 1 aromatic heterocycles. The molecule has 0 atom stereocenters. The predicted octanol–water partition coefficient (Wildman–Crippen LogP) is -0.248. The van der Waals surface area contributed by atoms with Crippen molar-refractivity contribution < 1.29 is 9.53 Å². The van der Waals surface area contributed by atoms with Gasteiger partial charge in [-0.05, 0) is 12.5 Å². The molecule has 3 rings (SSSR count). The molecule has 0 aliphatic carbocycles. The Morgan fingerprint density at radius 2 is 2.25 bits per heavy atom. The highest BCUT2D eigenvalue weighted by atomic mass is 16.5. The average Bonchev–Trinajstić information content (AvgIpc) is 2.44. The van der Waals surface area contributed by atoms with Crippen LogP contribution in [-0.2, 0) is 11.2 Å². The Balaban J connectivity index is 1.81. The van der Waals surface area contributed by atoms with Gasteiger partial charge in [-0.2, -0.15) is 0 Å². The molecular weight excluding hydrogens is 258 g/mol. The Kier molecular flexibility index (Phi) is 3.35. The number of pyridine rings is 1. The van der Waals surface area contributed by atoms with E-state index in [0.717, 1.165) is 18.8 Å². The predicted molar refractivity (Wildman–Crippen MR) is 73.9 cm³/mol. The quantitative estimate of drug-likeness (QED) is 0.782. The molecular formula is C14H19N3O3. The summed E-state index contributed by atoms with van der Waals surface area (Å²) in [4.78, 5) is 28.7. The molecule has 6 nitrogen and oxygen atoms in total.